The molecule has 1 aromatic carbocycles. The zero-order valence-corrected chi connectivity index (χ0v) is 11.9. The summed E-state index contributed by atoms with van der Waals surface area (Å²) in [5.41, 5.74) is 11.1. The van der Waals surface area contributed by atoms with Crippen molar-refractivity contribution in [3.8, 4) is 0 Å². The molecular formula is C14H20BrN. The van der Waals surface area contributed by atoms with E-state index < -0.39 is 0 Å². The third kappa shape index (κ3) is 3.46. The summed E-state index contributed by atoms with van der Waals surface area (Å²) in [6, 6.07) is 4.45. The molecule has 0 saturated heterocycles. The number of hydrogen-bond acceptors (Lipinski definition) is 1. The van der Waals surface area contributed by atoms with Gasteiger partial charge in [-0.2, -0.15) is 0 Å². The predicted molar refractivity (Wildman–Crippen MR) is 74.6 cm³/mol. The summed E-state index contributed by atoms with van der Waals surface area (Å²) in [4.78, 5) is 0. The lowest BCUT2D eigenvalue weighted by atomic mass is 9.97. The van der Waals surface area contributed by atoms with Crippen molar-refractivity contribution in [3.63, 3.8) is 0 Å². The van der Waals surface area contributed by atoms with Crippen molar-refractivity contribution in [1.29, 1.82) is 0 Å². The molecule has 0 radical (unpaired) electrons. The average molecular weight is 282 g/mol. The third-order valence-corrected chi connectivity index (χ3v) is 4.02. The summed E-state index contributed by atoms with van der Waals surface area (Å²) in [6.07, 6.45) is 1.96. The molecule has 0 spiro atoms. The maximum absolute atomic E-state index is 6.17. The minimum absolute atomic E-state index is 0.113. The zero-order valence-electron chi connectivity index (χ0n) is 10.3. The highest BCUT2D eigenvalue weighted by Crippen LogP contribution is 2.26. The maximum atomic E-state index is 6.17. The van der Waals surface area contributed by atoms with E-state index in [0.717, 1.165) is 12.8 Å². The Morgan fingerprint density at radius 1 is 1.38 bits per heavy atom. The molecule has 2 N–H and O–H groups in total. The number of allylic oxidation sites excluding steroid dienone is 1. The van der Waals surface area contributed by atoms with E-state index in [4.69, 9.17) is 5.73 Å². The van der Waals surface area contributed by atoms with Gasteiger partial charge in [-0.3, -0.25) is 0 Å². The molecule has 0 fully saturated rings. The Labute approximate surface area is 107 Å². The highest BCUT2D eigenvalue weighted by Gasteiger charge is 2.09. The van der Waals surface area contributed by atoms with Gasteiger partial charge in [-0.05, 0) is 50.3 Å². The summed E-state index contributed by atoms with van der Waals surface area (Å²) < 4.78 is 1.18. The Morgan fingerprint density at radius 2 is 1.88 bits per heavy atom. The van der Waals surface area contributed by atoms with Crippen LogP contribution in [-0.4, -0.2) is 0 Å². The molecule has 16 heavy (non-hydrogen) atoms. The lowest BCUT2D eigenvalue weighted by Crippen LogP contribution is -2.11. The summed E-state index contributed by atoms with van der Waals surface area (Å²) in [6.45, 7) is 10.2. The van der Waals surface area contributed by atoms with Gasteiger partial charge >= 0.3 is 0 Å². The van der Waals surface area contributed by atoms with Crippen molar-refractivity contribution < 1.29 is 0 Å². The monoisotopic (exact) mass is 281 g/mol. The molecule has 0 aliphatic rings. The second-order valence-electron chi connectivity index (χ2n) is 4.57. The van der Waals surface area contributed by atoms with Crippen molar-refractivity contribution >= 4 is 15.9 Å². The topological polar surface area (TPSA) is 26.0 Å². The first-order valence-electron chi connectivity index (χ1n) is 5.58. The van der Waals surface area contributed by atoms with Crippen LogP contribution >= 0.6 is 15.9 Å². The molecule has 0 aromatic heterocycles. The lowest BCUT2D eigenvalue weighted by Gasteiger charge is -2.15. The third-order valence-electron chi connectivity index (χ3n) is 2.77. The fourth-order valence-corrected chi connectivity index (χ4v) is 1.99. The first kappa shape index (κ1) is 13.5. The van der Waals surface area contributed by atoms with Gasteiger partial charge in [0, 0.05) is 10.5 Å². The molecule has 1 atom stereocenters. The van der Waals surface area contributed by atoms with Crippen LogP contribution in [0.4, 0.5) is 0 Å². The Balaban J connectivity index is 2.84. The number of hydrogen-bond donors (Lipinski definition) is 1. The fourth-order valence-electron chi connectivity index (χ4n) is 1.76. The largest absolute Gasteiger partial charge is 0.324 e. The second kappa shape index (κ2) is 5.65. The highest BCUT2D eigenvalue weighted by atomic mass is 79.9. The van der Waals surface area contributed by atoms with E-state index in [9.17, 15) is 0 Å². The average Bonchev–Trinajstić information content (AvgIpc) is 2.21. The Hall–Kier alpha value is -0.600. The fraction of sp³-hybridized carbons (Fsp3) is 0.429. The van der Waals surface area contributed by atoms with Crippen molar-refractivity contribution in [1.82, 2.24) is 0 Å². The summed E-state index contributed by atoms with van der Waals surface area (Å²) >= 11 is 3.57. The number of rotatable bonds is 4. The molecule has 2 heteroatoms. The zero-order chi connectivity index (χ0) is 12.3. The molecule has 0 saturated carbocycles. The minimum atomic E-state index is 0.113. The van der Waals surface area contributed by atoms with E-state index in [1.54, 1.807) is 0 Å². The molecule has 88 valence electrons. The van der Waals surface area contributed by atoms with Crippen molar-refractivity contribution in [2.45, 2.75) is 39.7 Å². The molecular weight excluding hydrogens is 262 g/mol. The Morgan fingerprint density at radius 3 is 2.31 bits per heavy atom. The van der Waals surface area contributed by atoms with Crippen LogP contribution in [0.25, 0.3) is 0 Å². The van der Waals surface area contributed by atoms with Gasteiger partial charge in [0.05, 0.1) is 0 Å². The molecule has 1 nitrogen and oxygen atoms in total. The predicted octanol–water partition coefficient (Wildman–Crippen LogP) is 4.42. The van der Waals surface area contributed by atoms with Gasteiger partial charge < -0.3 is 5.73 Å². The highest BCUT2D eigenvalue weighted by molar-refractivity contribution is 9.10. The number of halogens is 1. The van der Waals surface area contributed by atoms with Crippen LogP contribution < -0.4 is 5.73 Å². The summed E-state index contributed by atoms with van der Waals surface area (Å²) in [5, 5.41) is 0. The number of nitrogens with two attached hydrogens (primary N) is 1. The number of aryl methyl sites for hydroxylation is 2. The van der Waals surface area contributed by atoms with E-state index in [2.05, 4.69) is 48.5 Å². The molecule has 0 aliphatic carbocycles. The molecule has 1 rings (SSSR count). The van der Waals surface area contributed by atoms with E-state index in [-0.39, 0.29) is 6.04 Å². The van der Waals surface area contributed by atoms with Gasteiger partial charge in [-0.15, -0.1) is 6.58 Å². The summed E-state index contributed by atoms with van der Waals surface area (Å²) in [5.74, 6) is 0. The van der Waals surface area contributed by atoms with E-state index in [1.165, 1.54) is 26.7 Å². The van der Waals surface area contributed by atoms with E-state index in [1.807, 2.05) is 6.92 Å². The smallest absolute Gasteiger partial charge is 0.0298 e. The van der Waals surface area contributed by atoms with Crippen LogP contribution in [0.2, 0.25) is 0 Å². The molecule has 0 amide bonds. The van der Waals surface area contributed by atoms with Crippen molar-refractivity contribution in [3.05, 3.63) is 45.4 Å². The molecule has 1 unspecified atom stereocenters. The quantitative estimate of drug-likeness (QED) is 0.813. The normalized spacial score (nSPS) is 12.6. The van der Waals surface area contributed by atoms with Crippen LogP contribution in [0.5, 0.6) is 0 Å². The lowest BCUT2D eigenvalue weighted by molar-refractivity contribution is 0.648. The van der Waals surface area contributed by atoms with Crippen LogP contribution in [0.15, 0.2) is 28.8 Å². The van der Waals surface area contributed by atoms with Crippen LogP contribution in [-0.2, 0) is 0 Å². The standard InChI is InChI=1S/C14H20BrN/c1-9(2)5-6-13(16)12-7-10(3)14(15)11(4)8-12/h7-8,13H,1,5-6,16H2,2-4H3. The van der Waals surface area contributed by atoms with Gasteiger partial charge in [0.25, 0.3) is 0 Å². The van der Waals surface area contributed by atoms with Gasteiger partial charge in [0.15, 0.2) is 0 Å². The first-order valence-corrected chi connectivity index (χ1v) is 6.37. The SMILES string of the molecule is C=C(C)CCC(N)c1cc(C)c(Br)c(C)c1. The molecule has 0 bridgehead atoms. The minimum Gasteiger partial charge on any atom is -0.324 e. The van der Waals surface area contributed by atoms with E-state index >= 15 is 0 Å². The van der Waals surface area contributed by atoms with Gasteiger partial charge in [-0.25, -0.2) is 0 Å². The van der Waals surface area contributed by atoms with Gasteiger partial charge in [-0.1, -0.05) is 33.6 Å². The van der Waals surface area contributed by atoms with Crippen LogP contribution in [0.3, 0.4) is 0 Å². The van der Waals surface area contributed by atoms with Gasteiger partial charge in [0.2, 0.25) is 0 Å². The van der Waals surface area contributed by atoms with E-state index in [0.29, 0.717) is 0 Å². The van der Waals surface area contributed by atoms with Crippen LogP contribution in [0.1, 0.15) is 42.5 Å². The van der Waals surface area contributed by atoms with Crippen LogP contribution in [0, 0.1) is 13.8 Å². The number of benzene rings is 1. The Kier molecular flexibility index (Phi) is 4.75. The van der Waals surface area contributed by atoms with Crippen molar-refractivity contribution in [2.75, 3.05) is 0 Å². The maximum Gasteiger partial charge on any atom is 0.0298 e. The second-order valence-corrected chi connectivity index (χ2v) is 5.36. The molecule has 0 aliphatic heterocycles. The van der Waals surface area contributed by atoms with Crippen molar-refractivity contribution in [2.24, 2.45) is 5.73 Å². The summed E-state index contributed by atoms with van der Waals surface area (Å²) in [7, 11) is 0. The molecule has 0 heterocycles. The first-order chi connectivity index (χ1) is 7.41. The Bertz CT molecular complexity index is 373. The molecule has 1 aromatic rings. The van der Waals surface area contributed by atoms with Gasteiger partial charge in [0.1, 0.15) is 0 Å².